The highest BCUT2D eigenvalue weighted by molar-refractivity contribution is 9.10. The monoisotopic (exact) mass is 604 g/mol. The van der Waals surface area contributed by atoms with Crippen LogP contribution in [0.1, 0.15) is 28.2 Å². The van der Waals surface area contributed by atoms with Crippen LogP contribution in [0.5, 0.6) is 17.2 Å². The van der Waals surface area contributed by atoms with Crippen molar-refractivity contribution >= 4 is 51.6 Å². The summed E-state index contributed by atoms with van der Waals surface area (Å²) in [6, 6.07) is 17.8. The normalized spacial score (nSPS) is 13.6. The molecule has 1 saturated heterocycles. The second-order valence-corrected chi connectivity index (χ2v) is 11.4. The molecule has 0 saturated carbocycles. The molecule has 3 aromatic carbocycles. The molecule has 37 heavy (non-hydrogen) atoms. The first kappa shape index (κ1) is 27.3. The molecule has 0 bridgehead atoms. The topological polar surface area (TPSA) is 69.2 Å². The second-order valence-electron chi connectivity index (χ2n) is 7.87. The van der Waals surface area contributed by atoms with Gasteiger partial charge in [-0.25, -0.2) is 9.82 Å². The Bertz CT molecular complexity index is 1240. The minimum atomic E-state index is -0.379. The molecule has 1 aliphatic rings. The maximum absolute atomic E-state index is 14.0. The predicted molar refractivity (Wildman–Crippen MR) is 151 cm³/mol. The number of nitrogens with one attached hydrogen (secondary N) is 1. The maximum Gasteiger partial charge on any atom is 0.277 e. The van der Waals surface area contributed by atoms with Crippen LogP contribution in [0.2, 0.25) is 0 Å². The number of hydrogen-bond acceptors (Lipinski definition) is 7. The Hall–Kier alpha value is -2.69. The molecule has 1 heterocycles. The first-order valence-corrected chi connectivity index (χ1v) is 14.5. The fourth-order valence-corrected chi connectivity index (χ4v) is 6.90. The number of rotatable bonds is 11. The average Bonchev–Trinajstić information content (AvgIpc) is 3.44. The first-order chi connectivity index (χ1) is 18.0. The fourth-order valence-electron chi connectivity index (χ4n) is 3.46. The molecule has 1 amide bonds. The van der Waals surface area contributed by atoms with Gasteiger partial charge in [-0.3, -0.25) is 4.79 Å². The summed E-state index contributed by atoms with van der Waals surface area (Å²) in [4.78, 5) is 12.2. The van der Waals surface area contributed by atoms with Gasteiger partial charge in [-0.2, -0.15) is 5.10 Å². The van der Waals surface area contributed by atoms with Crippen molar-refractivity contribution in [2.45, 2.75) is 18.1 Å². The average molecular weight is 606 g/mol. The number of carbonyl (C=O) groups is 1. The molecular weight excluding hydrogens is 579 g/mol. The third kappa shape index (κ3) is 7.90. The summed E-state index contributed by atoms with van der Waals surface area (Å²) >= 11 is 7.38. The smallest absolute Gasteiger partial charge is 0.277 e. The summed E-state index contributed by atoms with van der Waals surface area (Å²) in [6.07, 6.45) is 1.50. The number of thioether (sulfide) groups is 2. The van der Waals surface area contributed by atoms with E-state index in [2.05, 4.69) is 26.5 Å². The molecule has 4 rings (SSSR count). The van der Waals surface area contributed by atoms with Crippen LogP contribution >= 0.6 is 39.5 Å². The van der Waals surface area contributed by atoms with Crippen LogP contribution < -0.4 is 19.6 Å². The molecule has 194 valence electrons. The standard InChI is InChI=1S/C27H26BrFN2O4S2/c1-2-33-24-14-18(13-22(28)26(24)35-16-20-5-3-4-6-23(20)29)15-30-31-25(32)17-34-21-9-7-19(8-10-21)27-36-11-12-37-27/h3-10,13-15,27H,2,11-12,16-17H2,1H3,(H,31,32)/b30-15-. The molecule has 3 aromatic rings. The number of benzene rings is 3. The van der Waals surface area contributed by atoms with Gasteiger partial charge in [0.05, 0.1) is 21.9 Å². The van der Waals surface area contributed by atoms with Gasteiger partial charge < -0.3 is 14.2 Å². The molecule has 1 N–H and O–H groups in total. The molecular formula is C27H26BrFN2O4S2. The van der Waals surface area contributed by atoms with Crippen molar-refractivity contribution in [1.29, 1.82) is 0 Å². The highest BCUT2D eigenvalue weighted by Crippen LogP contribution is 2.45. The quantitative estimate of drug-likeness (QED) is 0.197. The summed E-state index contributed by atoms with van der Waals surface area (Å²) in [5, 5.41) is 4.02. The van der Waals surface area contributed by atoms with E-state index in [0.29, 0.717) is 44.0 Å². The van der Waals surface area contributed by atoms with Gasteiger partial charge in [-0.1, -0.05) is 30.3 Å². The Morgan fingerprint density at radius 1 is 1.11 bits per heavy atom. The van der Waals surface area contributed by atoms with Crippen LogP contribution in [-0.4, -0.2) is 36.8 Å². The number of hydrogen-bond donors (Lipinski definition) is 1. The van der Waals surface area contributed by atoms with E-state index in [9.17, 15) is 9.18 Å². The Balaban J connectivity index is 1.31. The van der Waals surface area contributed by atoms with Crippen molar-refractivity contribution in [3.63, 3.8) is 0 Å². The van der Waals surface area contributed by atoms with Crippen molar-refractivity contribution in [3.05, 3.63) is 87.6 Å². The zero-order valence-corrected chi connectivity index (χ0v) is 23.3. The van der Waals surface area contributed by atoms with Crippen molar-refractivity contribution < 1.29 is 23.4 Å². The van der Waals surface area contributed by atoms with Gasteiger partial charge >= 0.3 is 0 Å². The molecule has 0 aromatic heterocycles. The first-order valence-electron chi connectivity index (χ1n) is 11.6. The Labute approximate surface area is 232 Å². The van der Waals surface area contributed by atoms with E-state index >= 15 is 0 Å². The van der Waals surface area contributed by atoms with Gasteiger partial charge in [-0.15, -0.1) is 23.5 Å². The van der Waals surface area contributed by atoms with E-state index in [-0.39, 0.29) is 24.9 Å². The van der Waals surface area contributed by atoms with Crippen LogP contribution in [0.15, 0.2) is 70.2 Å². The minimum Gasteiger partial charge on any atom is -0.490 e. The number of hydrazone groups is 1. The molecule has 0 unspecified atom stereocenters. The molecule has 0 aliphatic carbocycles. The summed E-state index contributed by atoms with van der Waals surface area (Å²) in [5.41, 5.74) is 4.84. The maximum atomic E-state index is 14.0. The Kier molecular flexibility index (Phi) is 10.2. The van der Waals surface area contributed by atoms with Crippen molar-refractivity contribution in [3.8, 4) is 17.2 Å². The summed E-state index contributed by atoms with van der Waals surface area (Å²) in [7, 11) is 0. The van der Waals surface area contributed by atoms with Gasteiger partial charge in [0.25, 0.3) is 5.91 Å². The van der Waals surface area contributed by atoms with Crippen LogP contribution in [-0.2, 0) is 11.4 Å². The molecule has 1 aliphatic heterocycles. The van der Waals surface area contributed by atoms with Crippen LogP contribution in [0, 0.1) is 5.82 Å². The number of carbonyl (C=O) groups excluding carboxylic acids is 1. The highest BCUT2D eigenvalue weighted by atomic mass is 79.9. The van der Waals surface area contributed by atoms with E-state index in [4.69, 9.17) is 14.2 Å². The van der Waals surface area contributed by atoms with E-state index in [1.54, 1.807) is 30.3 Å². The van der Waals surface area contributed by atoms with Gasteiger partial charge in [0, 0.05) is 17.1 Å². The largest absolute Gasteiger partial charge is 0.490 e. The third-order valence-corrected chi connectivity index (χ3v) is 8.90. The van der Waals surface area contributed by atoms with Crippen molar-refractivity contribution in [2.75, 3.05) is 24.7 Å². The highest BCUT2D eigenvalue weighted by Gasteiger charge is 2.18. The molecule has 0 radical (unpaired) electrons. The molecule has 10 heteroatoms. The fraction of sp³-hybridized carbons (Fsp3) is 0.259. The van der Waals surface area contributed by atoms with Crippen molar-refractivity contribution in [2.24, 2.45) is 5.10 Å². The Morgan fingerprint density at radius 2 is 1.86 bits per heavy atom. The zero-order valence-electron chi connectivity index (χ0n) is 20.1. The van der Waals surface area contributed by atoms with E-state index < -0.39 is 0 Å². The SMILES string of the molecule is CCOc1cc(/C=N\NC(=O)COc2ccc(C3SCCS3)cc2)cc(Br)c1OCc1ccccc1F. The lowest BCUT2D eigenvalue weighted by Crippen LogP contribution is -2.24. The van der Waals surface area contributed by atoms with Crippen LogP contribution in [0.25, 0.3) is 0 Å². The second kappa shape index (κ2) is 13.7. The van der Waals surface area contributed by atoms with E-state index in [1.807, 2.05) is 54.7 Å². The number of nitrogens with zero attached hydrogens (tertiary/aromatic N) is 1. The van der Waals surface area contributed by atoms with Gasteiger partial charge in [0.1, 0.15) is 18.2 Å². The van der Waals surface area contributed by atoms with Gasteiger partial charge in [0.15, 0.2) is 18.1 Å². The zero-order chi connectivity index (χ0) is 26.0. The molecule has 6 nitrogen and oxygen atoms in total. The summed E-state index contributed by atoms with van der Waals surface area (Å²) < 4.78 is 32.2. The predicted octanol–water partition coefficient (Wildman–Crippen LogP) is 6.57. The number of ether oxygens (including phenoxy) is 3. The summed E-state index contributed by atoms with van der Waals surface area (Å²) in [6.45, 7) is 2.17. The summed E-state index contributed by atoms with van der Waals surface area (Å²) in [5.74, 6) is 3.19. The lowest BCUT2D eigenvalue weighted by molar-refractivity contribution is -0.123. The molecule has 1 fully saturated rings. The molecule has 0 spiro atoms. The van der Waals surface area contributed by atoms with Crippen LogP contribution in [0.3, 0.4) is 0 Å². The van der Waals surface area contributed by atoms with Crippen LogP contribution in [0.4, 0.5) is 4.39 Å². The van der Waals surface area contributed by atoms with E-state index in [0.717, 1.165) is 0 Å². The lowest BCUT2D eigenvalue weighted by Gasteiger charge is -2.15. The number of halogens is 2. The Morgan fingerprint density at radius 3 is 2.59 bits per heavy atom. The number of amides is 1. The van der Waals surface area contributed by atoms with Crippen molar-refractivity contribution in [1.82, 2.24) is 5.43 Å². The minimum absolute atomic E-state index is 0.0517. The van der Waals surface area contributed by atoms with Gasteiger partial charge in [0.2, 0.25) is 0 Å². The molecule has 0 atom stereocenters. The third-order valence-electron chi connectivity index (χ3n) is 5.21. The van der Waals surface area contributed by atoms with E-state index in [1.165, 1.54) is 29.4 Å². The van der Waals surface area contributed by atoms with Gasteiger partial charge in [-0.05, 0) is 64.3 Å². The lowest BCUT2D eigenvalue weighted by atomic mass is 10.2.